The molecule has 6 heteroatoms. The van der Waals surface area contributed by atoms with Crippen LogP contribution in [0.5, 0.6) is 5.75 Å². The summed E-state index contributed by atoms with van der Waals surface area (Å²) in [5, 5.41) is 10.3. The second-order valence-electron chi connectivity index (χ2n) is 7.23. The molecule has 0 bridgehead atoms. The number of carbonyl (C=O) groups is 2. The van der Waals surface area contributed by atoms with E-state index in [0.29, 0.717) is 18.6 Å². The third kappa shape index (κ3) is 3.14. The Balaban J connectivity index is 1.42. The van der Waals surface area contributed by atoms with Gasteiger partial charge in [-0.3, -0.25) is 4.79 Å². The van der Waals surface area contributed by atoms with E-state index in [0.717, 1.165) is 28.0 Å². The average Bonchev–Trinajstić information content (AvgIpc) is 3.20. The quantitative estimate of drug-likeness (QED) is 0.833. The predicted octanol–water partition coefficient (Wildman–Crippen LogP) is 2.81. The Morgan fingerprint density at radius 3 is 2.86 bits per heavy atom. The normalized spacial score (nSPS) is 21.7. The second-order valence-corrected chi connectivity index (χ2v) is 7.23. The van der Waals surface area contributed by atoms with Crippen LogP contribution in [0, 0.1) is 0 Å². The van der Waals surface area contributed by atoms with E-state index in [1.54, 1.807) is 0 Å². The Kier molecular flexibility index (Phi) is 4.81. The molecular weight excluding hydrogens is 358 g/mol. The van der Waals surface area contributed by atoms with Gasteiger partial charge in [0.25, 0.3) is 5.91 Å². The fourth-order valence-corrected chi connectivity index (χ4v) is 3.92. The molecular formula is C22H23NO5. The first-order chi connectivity index (χ1) is 13.5. The minimum absolute atomic E-state index is 0.0200. The standard InChI is InChI=1S/C22H23NO5/c1-2-15-6-5-8-18(12-15)27-14-17(24)13-23-20(25)22(28-21(23)26)11-10-16-7-3-4-9-19(16)22/h3-9,12,17,24H,2,10-11,13-14H2,1H3/t17-,22+/m1/s1. The number of hydrogen-bond acceptors (Lipinski definition) is 5. The summed E-state index contributed by atoms with van der Waals surface area (Å²) < 4.78 is 11.2. The maximum absolute atomic E-state index is 13.0. The maximum atomic E-state index is 13.0. The number of hydrogen-bond donors (Lipinski definition) is 1. The van der Waals surface area contributed by atoms with Crippen LogP contribution in [-0.4, -0.2) is 41.3 Å². The fraction of sp³-hybridized carbons (Fsp3) is 0.364. The van der Waals surface area contributed by atoms with Crippen LogP contribution in [0.3, 0.4) is 0 Å². The van der Waals surface area contributed by atoms with E-state index < -0.39 is 23.7 Å². The van der Waals surface area contributed by atoms with Crippen molar-refractivity contribution in [2.45, 2.75) is 37.9 Å². The van der Waals surface area contributed by atoms with E-state index in [1.807, 2.05) is 48.5 Å². The highest BCUT2D eigenvalue weighted by molar-refractivity contribution is 6.04. The molecule has 1 aliphatic heterocycles. The molecule has 0 radical (unpaired) electrons. The van der Waals surface area contributed by atoms with Crippen LogP contribution in [0.25, 0.3) is 0 Å². The third-order valence-corrected chi connectivity index (χ3v) is 5.41. The zero-order valence-corrected chi connectivity index (χ0v) is 15.8. The van der Waals surface area contributed by atoms with Gasteiger partial charge in [0.05, 0.1) is 6.54 Å². The molecule has 2 aromatic rings. The molecule has 0 unspecified atom stereocenters. The highest BCUT2D eigenvalue weighted by Crippen LogP contribution is 2.45. The van der Waals surface area contributed by atoms with Gasteiger partial charge in [-0.1, -0.05) is 43.3 Å². The van der Waals surface area contributed by atoms with Crippen LogP contribution < -0.4 is 4.74 Å². The van der Waals surface area contributed by atoms with Gasteiger partial charge in [0.1, 0.15) is 18.5 Å². The molecule has 28 heavy (non-hydrogen) atoms. The van der Waals surface area contributed by atoms with Gasteiger partial charge < -0.3 is 14.6 Å². The molecule has 1 spiro atoms. The zero-order valence-electron chi connectivity index (χ0n) is 15.8. The first-order valence-corrected chi connectivity index (χ1v) is 9.56. The molecule has 1 aliphatic carbocycles. The lowest BCUT2D eigenvalue weighted by Crippen LogP contribution is -2.42. The number of ether oxygens (including phenoxy) is 2. The molecule has 146 valence electrons. The summed E-state index contributed by atoms with van der Waals surface area (Å²) in [6.07, 6.45) is 0.284. The lowest BCUT2D eigenvalue weighted by Gasteiger charge is -2.21. The number of imide groups is 1. The van der Waals surface area contributed by atoms with Crippen LogP contribution in [0.15, 0.2) is 48.5 Å². The number of benzene rings is 2. The van der Waals surface area contributed by atoms with E-state index in [2.05, 4.69) is 6.92 Å². The molecule has 4 rings (SSSR count). The van der Waals surface area contributed by atoms with Crippen molar-refractivity contribution in [1.29, 1.82) is 0 Å². The van der Waals surface area contributed by atoms with Gasteiger partial charge in [-0.15, -0.1) is 0 Å². The summed E-state index contributed by atoms with van der Waals surface area (Å²) in [4.78, 5) is 26.4. The number of aliphatic hydroxyl groups is 1. The summed E-state index contributed by atoms with van der Waals surface area (Å²) in [6.45, 7) is 1.87. The van der Waals surface area contributed by atoms with Crippen molar-refractivity contribution < 1.29 is 24.2 Å². The first-order valence-electron chi connectivity index (χ1n) is 9.56. The molecule has 1 saturated heterocycles. The lowest BCUT2D eigenvalue weighted by atomic mass is 9.95. The van der Waals surface area contributed by atoms with Crippen LogP contribution in [0.4, 0.5) is 4.79 Å². The summed E-state index contributed by atoms with van der Waals surface area (Å²) in [7, 11) is 0. The second kappa shape index (κ2) is 7.28. The Morgan fingerprint density at radius 1 is 1.21 bits per heavy atom. The number of β-amino-alcohol motifs (C(OH)–C–C–N with tert-alkyl or cyclic N) is 1. The zero-order chi connectivity index (χ0) is 19.7. The van der Waals surface area contributed by atoms with E-state index in [1.165, 1.54) is 0 Å². The van der Waals surface area contributed by atoms with Crippen molar-refractivity contribution in [3.8, 4) is 5.75 Å². The Morgan fingerprint density at radius 2 is 2.04 bits per heavy atom. The summed E-state index contributed by atoms with van der Waals surface area (Å²) in [5.74, 6) is 0.240. The molecule has 1 heterocycles. The molecule has 2 atom stereocenters. The fourth-order valence-electron chi connectivity index (χ4n) is 3.92. The minimum Gasteiger partial charge on any atom is -0.491 e. The molecule has 0 saturated carbocycles. The molecule has 1 fully saturated rings. The van der Waals surface area contributed by atoms with Gasteiger partial charge >= 0.3 is 6.09 Å². The van der Waals surface area contributed by atoms with E-state index in [4.69, 9.17) is 9.47 Å². The van der Waals surface area contributed by atoms with E-state index in [9.17, 15) is 14.7 Å². The molecule has 1 N–H and O–H groups in total. The van der Waals surface area contributed by atoms with Crippen LogP contribution in [-0.2, 0) is 28.0 Å². The summed E-state index contributed by atoms with van der Waals surface area (Å²) in [5.41, 5.74) is 1.65. The van der Waals surface area contributed by atoms with Crippen molar-refractivity contribution in [2.24, 2.45) is 0 Å². The highest BCUT2D eigenvalue weighted by atomic mass is 16.6. The van der Waals surface area contributed by atoms with Crippen molar-refractivity contribution in [3.05, 3.63) is 65.2 Å². The van der Waals surface area contributed by atoms with E-state index >= 15 is 0 Å². The third-order valence-electron chi connectivity index (χ3n) is 5.41. The Bertz CT molecular complexity index is 911. The maximum Gasteiger partial charge on any atom is 0.418 e. The van der Waals surface area contributed by atoms with Crippen molar-refractivity contribution in [3.63, 3.8) is 0 Å². The number of aryl methyl sites for hydroxylation is 2. The summed E-state index contributed by atoms with van der Waals surface area (Å²) >= 11 is 0. The van der Waals surface area contributed by atoms with Gasteiger partial charge in [0.2, 0.25) is 5.60 Å². The van der Waals surface area contributed by atoms with Crippen molar-refractivity contribution in [2.75, 3.05) is 13.2 Å². The first kappa shape index (κ1) is 18.5. The number of aliphatic hydroxyl groups excluding tert-OH is 1. The number of carbonyl (C=O) groups excluding carboxylic acids is 2. The van der Waals surface area contributed by atoms with Crippen molar-refractivity contribution in [1.82, 2.24) is 4.90 Å². The SMILES string of the molecule is CCc1cccc(OC[C@H](O)CN2C(=O)O[C@]3(CCc4ccccc43)C2=O)c1. The van der Waals surface area contributed by atoms with Crippen molar-refractivity contribution >= 4 is 12.0 Å². The van der Waals surface area contributed by atoms with Crippen LogP contribution in [0.2, 0.25) is 0 Å². The van der Waals surface area contributed by atoms with Gasteiger partial charge in [0, 0.05) is 12.0 Å². The number of rotatable bonds is 6. The van der Waals surface area contributed by atoms with Gasteiger partial charge in [-0.2, -0.15) is 0 Å². The smallest absolute Gasteiger partial charge is 0.418 e. The topological polar surface area (TPSA) is 76.1 Å². The van der Waals surface area contributed by atoms with Gasteiger partial charge in [-0.05, 0) is 36.1 Å². The predicted molar refractivity (Wildman–Crippen MR) is 102 cm³/mol. The lowest BCUT2D eigenvalue weighted by molar-refractivity contribution is -0.138. The largest absolute Gasteiger partial charge is 0.491 e. The van der Waals surface area contributed by atoms with Crippen LogP contribution in [0.1, 0.15) is 30.0 Å². The molecule has 6 nitrogen and oxygen atoms in total. The van der Waals surface area contributed by atoms with Crippen LogP contribution >= 0.6 is 0 Å². The number of fused-ring (bicyclic) bond motifs is 2. The molecule has 2 amide bonds. The molecule has 0 aromatic heterocycles. The van der Waals surface area contributed by atoms with E-state index in [-0.39, 0.29) is 13.2 Å². The number of amides is 2. The van der Waals surface area contributed by atoms with Gasteiger partial charge in [-0.25, -0.2) is 9.69 Å². The monoisotopic (exact) mass is 381 g/mol. The molecule has 2 aromatic carbocycles. The molecule has 2 aliphatic rings. The summed E-state index contributed by atoms with van der Waals surface area (Å²) in [6, 6.07) is 15.1. The number of nitrogens with zero attached hydrogens (tertiary/aromatic N) is 1. The highest BCUT2D eigenvalue weighted by Gasteiger charge is 2.58. The van der Waals surface area contributed by atoms with Gasteiger partial charge in [0.15, 0.2) is 0 Å². The average molecular weight is 381 g/mol. The Labute approximate surface area is 163 Å². The minimum atomic E-state index is -1.25. The Hall–Kier alpha value is -2.86.